The maximum absolute atomic E-state index is 11.5. The molecule has 0 saturated carbocycles. The summed E-state index contributed by atoms with van der Waals surface area (Å²) in [5, 5.41) is 2.86. The van der Waals surface area contributed by atoms with Crippen LogP contribution in [0.5, 0.6) is 0 Å². The van der Waals surface area contributed by atoms with Gasteiger partial charge in [0.2, 0.25) is 5.91 Å². The normalized spacial score (nSPS) is 11.9. The maximum Gasteiger partial charge on any atom is 0.225 e. The lowest BCUT2D eigenvalue weighted by atomic mass is 9.96. The molecular formula is C13H28N2O2. The first-order valence-electron chi connectivity index (χ1n) is 6.50. The molecular weight excluding hydrogens is 216 g/mol. The predicted molar refractivity (Wildman–Crippen MR) is 71.1 cm³/mol. The van der Waals surface area contributed by atoms with Crippen LogP contribution in [-0.4, -0.2) is 50.2 Å². The fraction of sp³-hybridized carbons (Fsp3) is 0.923. The second-order valence-corrected chi connectivity index (χ2v) is 5.15. The number of nitrogens with zero attached hydrogens (tertiary/aromatic N) is 1. The van der Waals surface area contributed by atoms with Crippen molar-refractivity contribution in [2.24, 2.45) is 5.41 Å². The summed E-state index contributed by atoms with van der Waals surface area (Å²) in [6.07, 6.45) is 0. The lowest BCUT2D eigenvalue weighted by molar-refractivity contribution is -0.128. The summed E-state index contributed by atoms with van der Waals surface area (Å²) in [5.74, 6) is 0.0739. The van der Waals surface area contributed by atoms with Crippen molar-refractivity contribution in [3.8, 4) is 0 Å². The van der Waals surface area contributed by atoms with Gasteiger partial charge in [0.25, 0.3) is 0 Å². The van der Waals surface area contributed by atoms with Crippen LogP contribution < -0.4 is 5.32 Å². The Kier molecular flexibility index (Phi) is 8.17. The van der Waals surface area contributed by atoms with E-state index in [1.807, 2.05) is 20.8 Å². The Balaban J connectivity index is 3.44. The summed E-state index contributed by atoms with van der Waals surface area (Å²) in [5.41, 5.74) is -0.318. The molecule has 0 aliphatic carbocycles. The first-order chi connectivity index (χ1) is 7.91. The van der Waals surface area contributed by atoms with Crippen molar-refractivity contribution in [2.75, 3.05) is 39.4 Å². The number of hydrogen-bond donors (Lipinski definition) is 1. The summed E-state index contributed by atoms with van der Waals surface area (Å²) in [7, 11) is 0. The Bertz CT molecular complexity index is 208. The van der Waals surface area contributed by atoms with Crippen molar-refractivity contribution in [1.82, 2.24) is 10.2 Å². The molecule has 0 spiro atoms. The van der Waals surface area contributed by atoms with Gasteiger partial charge >= 0.3 is 0 Å². The van der Waals surface area contributed by atoms with Gasteiger partial charge in [-0.25, -0.2) is 0 Å². The molecule has 0 atom stereocenters. The van der Waals surface area contributed by atoms with Gasteiger partial charge in [-0.05, 0) is 13.1 Å². The van der Waals surface area contributed by atoms with Crippen molar-refractivity contribution in [3.63, 3.8) is 0 Å². The molecule has 0 aromatic carbocycles. The van der Waals surface area contributed by atoms with Crippen LogP contribution in [0.15, 0.2) is 0 Å². The van der Waals surface area contributed by atoms with E-state index in [1.165, 1.54) is 0 Å². The number of rotatable bonds is 8. The highest BCUT2D eigenvalue weighted by atomic mass is 16.5. The lowest BCUT2D eigenvalue weighted by Crippen LogP contribution is -2.37. The molecule has 4 nitrogen and oxygen atoms in total. The van der Waals surface area contributed by atoms with E-state index in [4.69, 9.17) is 4.74 Å². The molecule has 1 N–H and O–H groups in total. The topological polar surface area (TPSA) is 41.6 Å². The van der Waals surface area contributed by atoms with Gasteiger partial charge in [0.1, 0.15) is 0 Å². The number of nitrogens with one attached hydrogen (secondary N) is 1. The van der Waals surface area contributed by atoms with Crippen LogP contribution in [0.1, 0.15) is 34.6 Å². The molecule has 17 heavy (non-hydrogen) atoms. The number of hydrogen-bond acceptors (Lipinski definition) is 3. The van der Waals surface area contributed by atoms with Gasteiger partial charge in [0.05, 0.1) is 13.2 Å². The van der Waals surface area contributed by atoms with E-state index in [0.29, 0.717) is 13.2 Å². The fourth-order valence-corrected chi connectivity index (χ4v) is 1.34. The van der Waals surface area contributed by atoms with E-state index in [-0.39, 0.29) is 11.3 Å². The van der Waals surface area contributed by atoms with Gasteiger partial charge in [0.15, 0.2) is 0 Å². The lowest BCUT2D eigenvalue weighted by Gasteiger charge is -2.19. The zero-order valence-corrected chi connectivity index (χ0v) is 12.0. The summed E-state index contributed by atoms with van der Waals surface area (Å²) in [6.45, 7) is 15.0. The van der Waals surface area contributed by atoms with Gasteiger partial charge < -0.3 is 15.0 Å². The van der Waals surface area contributed by atoms with E-state index in [9.17, 15) is 4.79 Å². The van der Waals surface area contributed by atoms with Crippen LogP contribution >= 0.6 is 0 Å². The molecule has 0 rings (SSSR count). The maximum atomic E-state index is 11.5. The number of likely N-dealkylation sites (N-methyl/N-ethyl adjacent to an activating group) is 1. The van der Waals surface area contributed by atoms with E-state index in [0.717, 1.165) is 26.2 Å². The smallest absolute Gasteiger partial charge is 0.225 e. The number of carbonyl (C=O) groups excluding carboxylic acids is 1. The minimum Gasteiger partial charge on any atom is -0.378 e. The molecule has 0 radical (unpaired) electrons. The third kappa shape index (κ3) is 8.16. The number of ether oxygens (including phenoxy) is 1. The molecule has 0 heterocycles. The van der Waals surface area contributed by atoms with Crippen LogP contribution in [0.3, 0.4) is 0 Å². The van der Waals surface area contributed by atoms with Crippen LogP contribution in [0.2, 0.25) is 0 Å². The SMILES string of the molecule is CCN(CC)CCOCCNC(=O)C(C)(C)C. The monoisotopic (exact) mass is 244 g/mol. The van der Waals surface area contributed by atoms with Crippen molar-refractivity contribution < 1.29 is 9.53 Å². The number of amides is 1. The quantitative estimate of drug-likeness (QED) is 0.658. The Morgan fingerprint density at radius 3 is 2.24 bits per heavy atom. The van der Waals surface area contributed by atoms with Gasteiger partial charge in [-0.1, -0.05) is 34.6 Å². The Labute approximate surface area is 106 Å². The average Bonchev–Trinajstić information content (AvgIpc) is 2.26. The highest BCUT2D eigenvalue weighted by molar-refractivity contribution is 5.81. The highest BCUT2D eigenvalue weighted by Gasteiger charge is 2.20. The average molecular weight is 244 g/mol. The van der Waals surface area contributed by atoms with Gasteiger partial charge in [-0.15, -0.1) is 0 Å². The van der Waals surface area contributed by atoms with Gasteiger partial charge in [0, 0.05) is 18.5 Å². The third-order valence-electron chi connectivity index (χ3n) is 2.66. The molecule has 0 aliphatic rings. The van der Waals surface area contributed by atoms with E-state index in [1.54, 1.807) is 0 Å². The van der Waals surface area contributed by atoms with Crippen LogP contribution in [0.25, 0.3) is 0 Å². The summed E-state index contributed by atoms with van der Waals surface area (Å²) < 4.78 is 5.47. The minimum atomic E-state index is -0.318. The minimum absolute atomic E-state index is 0.0739. The van der Waals surface area contributed by atoms with Crippen molar-refractivity contribution >= 4 is 5.91 Å². The number of carbonyl (C=O) groups is 1. The highest BCUT2D eigenvalue weighted by Crippen LogP contribution is 2.11. The van der Waals surface area contributed by atoms with Crippen molar-refractivity contribution in [1.29, 1.82) is 0 Å². The fourth-order valence-electron chi connectivity index (χ4n) is 1.34. The molecule has 0 saturated heterocycles. The molecule has 0 bridgehead atoms. The van der Waals surface area contributed by atoms with Crippen LogP contribution in [0, 0.1) is 5.41 Å². The Hall–Kier alpha value is -0.610. The predicted octanol–water partition coefficient (Wildman–Crippen LogP) is 1.51. The molecule has 0 unspecified atom stereocenters. The summed E-state index contributed by atoms with van der Waals surface area (Å²) in [6, 6.07) is 0. The molecule has 0 aromatic rings. The van der Waals surface area contributed by atoms with Crippen molar-refractivity contribution in [2.45, 2.75) is 34.6 Å². The Morgan fingerprint density at radius 2 is 1.76 bits per heavy atom. The molecule has 102 valence electrons. The largest absolute Gasteiger partial charge is 0.378 e. The van der Waals surface area contributed by atoms with Crippen molar-refractivity contribution in [3.05, 3.63) is 0 Å². The summed E-state index contributed by atoms with van der Waals surface area (Å²) >= 11 is 0. The standard InChI is InChI=1S/C13H28N2O2/c1-6-15(7-2)9-11-17-10-8-14-12(16)13(3,4)5/h6-11H2,1-5H3,(H,14,16). The van der Waals surface area contributed by atoms with Gasteiger partial charge in [-0.2, -0.15) is 0 Å². The van der Waals surface area contributed by atoms with Crippen LogP contribution in [0.4, 0.5) is 0 Å². The van der Waals surface area contributed by atoms with E-state index < -0.39 is 0 Å². The summed E-state index contributed by atoms with van der Waals surface area (Å²) in [4.78, 5) is 13.8. The van der Waals surface area contributed by atoms with Crippen LogP contribution in [-0.2, 0) is 9.53 Å². The Morgan fingerprint density at radius 1 is 1.18 bits per heavy atom. The molecule has 0 fully saturated rings. The zero-order chi connectivity index (χ0) is 13.3. The molecule has 0 aromatic heterocycles. The third-order valence-corrected chi connectivity index (χ3v) is 2.66. The van der Waals surface area contributed by atoms with Gasteiger partial charge in [-0.3, -0.25) is 4.79 Å². The molecule has 0 aliphatic heterocycles. The molecule has 4 heteroatoms. The molecule has 1 amide bonds. The first-order valence-corrected chi connectivity index (χ1v) is 6.50. The second-order valence-electron chi connectivity index (χ2n) is 5.15. The first kappa shape index (κ1) is 16.4. The van der Waals surface area contributed by atoms with E-state index in [2.05, 4.69) is 24.1 Å². The van der Waals surface area contributed by atoms with E-state index >= 15 is 0 Å². The second kappa shape index (κ2) is 8.48. The zero-order valence-electron chi connectivity index (χ0n) is 12.0.